The van der Waals surface area contributed by atoms with Gasteiger partial charge in [-0.05, 0) is 30.7 Å². The van der Waals surface area contributed by atoms with Gasteiger partial charge in [0, 0.05) is 4.47 Å². The molecule has 6 nitrogen and oxygen atoms in total. The molecule has 2 amide bonds. The topological polar surface area (TPSA) is 90.0 Å². The minimum absolute atomic E-state index is 0.0285. The van der Waals surface area contributed by atoms with E-state index in [0.29, 0.717) is 14.7 Å². The van der Waals surface area contributed by atoms with Crippen molar-refractivity contribution in [3.63, 3.8) is 0 Å². The summed E-state index contributed by atoms with van der Waals surface area (Å²) in [6.45, 7) is 0.547. The summed E-state index contributed by atoms with van der Waals surface area (Å²) in [4.78, 5) is 24.0. The number of carbonyl (C=O) groups is 2. The molecule has 0 unspecified atom stereocenters. The summed E-state index contributed by atoms with van der Waals surface area (Å²) in [5.74, 6) is -1.81. The number of nitrogens with two attached hydrogens (primary N) is 1. The molecule has 140 valence electrons. The van der Waals surface area contributed by atoms with E-state index in [1.165, 1.54) is 6.07 Å². The highest BCUT2D eigenvalue weighted by atomic mass is 79.9. The predicted octanol–water partition coefficient (Wildman–Crippen LogP) is 3.51. The summed E-state index contributed by atoms with van der Waals surface area (Å²) in [5.41, 5.74) is 4.46. The number of hydrogen-bond donors (Lipinski definition) is 2. The summed E-state index contributed by atoms with van der Waals surface area (Å²) >= 11 is 3.18. The Morgan fingerprint density at radius 3 is 2.46 bits per heavy atom. The maximum Gasteiger partial charge on any atom is 0.282 e. The number of anilines is 1. The number of rotatable bonds is 6. The van der Waals surface area contributed by atoms with E-state index >= 15 is 0 Å². The SMILES string of the molecule is Cc1cc(Br)cc(C(N)=O)c1NC(=O)c1cc(C(F)F)nn1CC(F)F. The number of primary amides is 1. The van der Waals surface area contributed by atoms with Gasteiger partial charge in [0.15, 0.2) is 0 Å². The number of benzene rings is 1. The molecule has 0 radical (unpaired) electrons. The van der Waals surface area contributed by atoms with Crippen LogP contribution in [0.1, 0.15) is 38.5 Å². The first kappa shape index (κ1) is 19.9. The van der Waals surface area contributed by atoms with Crippen molar-refractivity contribution in [2.45, 2.75) is 26.3 Å². The Morgan fingerprint density at radius 2 is 1.92 bits per heavy atom. The van der Waals surface area contributed by atoms with Gasteiger partial charge in [0.25, 0.3) is 24.7 Å². The quantitative estimate of drug-likeness (QED) is 0.678. The number of aromatic nitrogens is 2. The van der Waals surface area contributed by atoms with Crippen molar-refractivity contribution in [2.24, 2.45) is 5.73 Å². The molecule has 1 heterocycles. The fraction of sp³-hybridized carbons (Fsp3) is 0.267. The zero-order chi connectivity index (χ0) is 19.6. The maximum atomic E-state index is 12.8. The Morgan fingerprint density at radius 1 is 1.27 bits per heavy atom. The average Bonchev–Trinajstić information content (AvgIpc) is 2.92. The average molecular weight is 437 g/mol. The maximum absolute atomic E-state index is 12.8. The Kier molecular flexibility index (Phi) is 6.01. The van der Waals surface area contributed by atoms with Crippen molar-refractivity contribution in [1.29, 1.82) is 0 Å². The number of aryl methyl sites for hydroxylation is 1. The Bertz CT molecular complexity index is 854. The Hall–Kier alpha value is -2.43. The predicted molar refractivity (Wildman–Crippen MR) is 88.5 cm³/mol. The van der Waals surface area contributed by atoms with Gasteiger partial charge in [-0.2, -0.15) is 5.10 Å². The van der Waals surface area contributed by atoms with Crippen LogP contribution in [-0.2, 0) is 6.54 Å². The van der Waals surface area contributed by atoms with Crippen LogP contribution in [-0.4, -0.2) is 28.0 Å². The van der Waals surface area contributed by atoms with E-state index in [-0.39, 0.29) is 11.3 Å². The lowest BCUT2D eigenvalue weighted by Gasteiger charge is -2.13. The molecule has 0 aliphatic heterocycles. The zero-order valence-corrected chi connectivity index (χ0v) is 14.9. The molecule has 0 fully saturated rings. The molecule has 2 rings (SSSR count). The van der Waals surface area contributed by atoms with Gasteiger partial charge in [0.1, 0.15) is 17.9 Å². The monoisotopic (exact) mass is 436 g/mol. The van der Waals surface area contributed by atoms with Crippen molar-refractivity contribution >= 4 is 33.4 Å². The number of nitrogens with zero attached hydrogens (tertiary/aromatic N) is 2. The third kappa shape index (κ3) is 4.40. The fourth-order valence-corrected chi connectivity index (χ4v) is 2.85. The second-order valence-electron chi connectivity index (χ2n) is 5.29. The van der Waals surface area contributed by atoms with Crippen molar-refractivity contribution in [3.05, 3.63) is 45.2 Å². The highest BCUT2D eigenvalue weighted by Gasteiger charge is 2.23. The van der Waals surface area contributed by atoms with Gasteiger partial charge < -0.3 is 11.1 Å². The van der Waals surface area contributed by atoms with Crippen molar-refractivity contribution in [2.75, 3.05) is 5.32 Å². The molecule has 0 aliphatic carbocycles. The third-order valence-electron chi connectivity index (χ3n) is 3.37. The standard InChI is InChI=1S/C15H13BrF4N4O2/c1-6-2-7(16)3-8(14(21)25)12(6)22-15(26)10-4-9(13(19)20)23-24(10)5-11(17)18/h2-4,11,13H,5H2,1H3,(H2,21,25)(H,22,26). The lowest BCUT2D eigenvalue weighted by Crippen LogP contribution is -2.23. The van der Waals surface area contributed by atoms with Crippen LogP contribution < -0.4 is 11.1 Å². The van der Waals surface area contributed by atoms with Crippen LogP contribution in [0.25, 0.3) is 0 Å². The third-order valence-corrected chi connectivity index (χ3v) is 3.83. The molecule has 1 aromatic heterocycles. The Balaban J connectivity index is 2.44. The molecule has 0 bridgehead atoms. The van der Waals surface area contributed by atoms with E-state index in [1.807, 2.05) is 0 Å². The van der Waals surface area contributed by atoms with Crippen LogP contribution in [0.2, 0.25) is 0 Å². The molecule has 0 aliphatic rings. The van der Waals surface area contributed by atoms with E-state index in [9.17, 15) is 27.2 Å². The molecule has 2 aromatic rings. The van der Waals surface area contributed by atoms with Gasteiger partial charge in [-0.15, -0.1) is 0 Å². The minimum Gasteiger partial charge on any atom is -0.366 e. The molecule has 26 heavy (non-hydrogen) atoms. The molecule has 0 atom stereocenters. The molecule has 1 aromatic carbocycles. The number of hydrogen-bond acceptors (Lipinski definition) is 3. The number of carbonyl (C=O) groups excluding carboxylic acids is 2. The summed E-state index contributed by atoms with van der Waals surface area (Å²) < 4.78 is 51.9. The first-order valence-corrected chi connectivity index (χ1v) is 7.94. The molecule has 0 spiro atoms. The second kappa shape index (κ2) is 7.85. The van der Waals surface area contributed by atoms with Gasteiger partial charge in [-0.3, -0.25) is 14.3 Å². The molecule has 3 N–H and O–H groups in total. The smallest absolute Gasteiger partial charge is 0.282 e. The van der Waals surface area contributed by atoms with E-state index in [2.05, 4.69) is 26.3 Å². The van der Waals surface area contributed by atoms with Crippen LogP contribution in [0.15, 0.2) is 22.7 Å². The molecule has 11 heteroatoms. The van der Waals surface area contributed by atoms with E-state index in [4.69, 9.17) is 5.73 Å². The molecule has 0 saturated carbocycles. The van der Waals surface area contributed by atoms with Gasteiger partial charge in [-0.1, -0.05) is 15.9 Å². The summed E-state index contributed by atoms with van der Waals surface area (Å²) in [5, 5.41) is 5.69. The van der Waals surface area contributed by atoms with Crippen molar-refractivity contribution in [3.8, 4) is 0 Å². The summed E-state index contributed by atoms with van der Waals surface area (Å²) in [7, 11) is 0. The highest BCUT2D eigenvalue weighted by molar-refractivity contribution is 9.10. The number of alkyl halides is 4. The fourth-order valence-electron chi connectivity index (χ4n) is 2.28. The summed E-state index contributed by atoms with van der Waals surface area (Å²) in [6.07, 6.45) is -5.93. The van der Waals surface area contributed by atoms with Crippen LogP contribution in [0.4, 0.5) is 23.2 Å². The van der Waals surface area contributed by atoms with Crippen LogP contribution >= 0.6 is 15.9 Å². The van der Waals surface area contributed by atoms with Gasteiger partial charge in [0.2, 0.25) is 0 Å². The number of nitrogens with one attached hydrogen (secondary N) is 1. The minimum atomic E-state index is -3.03. The second-order valence-corrected chi connectivity index (χ2v) is 6.21. The highest BCUT2D eigenvalue weighted by Crippen LogP contribution is 2.27. The van der Waals surface area contributed by atoms with Gasteiger partial charge >= 0.3 is 0 Å². The largest absolute Gasteiger partial charge is 0.366 e. The van der Waals surface area contributed by atoms with E-state index in [0.717, 1.165) is 6.07 Å². The normalized spacial score (nSPS) is 11.2. The van der Waals surface area contributed by atoms with Crippen molar-refractivity contribution < 1.29 is 27.2 Å². The van der Waals surface area contributed by atoms with Crippen molar-refractivity contribution in [1.82, 2.24) is 9.78 Å². The zero-order valence-electron chi connectivity index (χ0n) is 13.3. The van der Waals surface area contributed by atoms with Gasteiger partial charge in [-0.25, -0.2) is 17.6 Å². The first-order valence-electron chi connectivity index (χ1n) is 7.15. The van der Waals surface area contributed by atoms with Crippen LogP contribution in [0.5, 0.6) is 0 Å². The Labute approximate surface area is 153 Å². The number of amides is 2. The molecular formula is C15H13BrF4N4O2. The molecular weight excluding hydrogens is 424 g/mol. The van der Waals surface area contributed by atoms with Crippen LogP contribution in [0.3, 0.4) is 0 Å². The number of halogens is 5. The van der Waals surface area contributed by atoms with E-state index in [1.54, 1.807) is 13.0 Å². The van der Waals surface area contributed by atoms with E-state index < -0.39 is 42.6 Å². The lowest BCUT2D eigenvalue weighted by molar-refractivity contribution is 0.0985. The first-order chi connectivity index (χ1) is 12.1. The summed E-state index contributed by atoms with van der Waals surface area (Å²) in [6, 6.07) is 3.68. The lowest BCUT2D eigenvalue weighted by atomic mass is 10.1. The molecule has 0 saturated heterocycles. The van der Waals surface area contributed by atoms with Gasteiger partial charge in [0.05, 0.1) is 11.3 Å². The van der Waals surface area contributed by atoms with Crippen LogP contribution in [0, 0.1) is 6.92 Å².